The number of carbonyl (C=O) groups is 1. The number of rotatable bonds is 4. The molecule has 2 rings (SSSR count). The van der Waals surface area contributed by atoms with Gasteiger partial charge >= 0.3 is 5.97 Å². The molecule has 0 spiro atoms. The van der Waals surface area contributed by atoms with E-state index in [2.05, 4.69) is 29.8 Å². The van der Waals surface area contributed by atoms with Gasteiger partial charge in [0.2, 0.25) is 0 Å². The minimum atomic E-state index is -0.347. The van der Waals surface area contributed by atoms with Crippen molar-refractivity contribution in [2.24, 2.45) is 0 Å². The average Bonchev–Trinajstić information content (AvgIpc) is 2.77. The number of thiophene rings is 1. The Labute approximate surface area is 137 Å². The summed E-state index contributed by atoms with van der Waals surface area (Å²) in [5.41, 5.74) is 8.82. The maximum absolute atomic E-state index is 12.1. The SMILES string of the molecule is CCOC(=O)c1sc(-c2ccccc2Br)c(C(C)C)c1N. The molecule has 0 bridgehead atoms. The number of hydrogen-bond acceptors (Lipinski definition) is 4. The van der Waals surface area contributed by atoms with Crippen molar-refractivity contribution in [3.8, 4) is 10.4 Å². The lowest BCUT2D eigenvalue weighted by Crippen LogP contribution is -2.06. The topological polar surface area (TPSA) is 52.3 Å². The molecule has 112 valence electrons. The Bertz CT molecular complexity index is 664. The van der Waals surface area contributed by atoms with E-state index in [0.29, 0.717) is 17.2 Å². The molecule has 0 fully saturated rings. The number of ether oxygens (including phenoxy) is 1. The Balaban J connectivity index is 2.63. The van der Waals surface area contributed by atoms with E-state index in [9.17, 15) is 4.79 Å². The van der Waals surface area contributed by atoms with Gasteiger partial charge in [0.1, 0.15) is 4.88 Å². The van der Waals surface area contributed by atoms with Crippen molar-refractivity contribution in [3.63, 3.8) is 0 Å². The van der Waals surface area contributed by atoms with Crippen molar-refractivity contribution in [1.82, 2.24) is 0 Å². The summed E-state index contributed by atoms with van der Waals surface area (Å²) in [6.45, 7) is 6.29. The first-order chi connectivity index (χ1) is 9.97. The third-order valence-electron chi connectivity index (χ3n) is 3.14. The standard InChI is InChI=1S/C16H18BrNO2S/c1-4-20-16(19)15-13(18)12(9(2)3)14(21-15)10-7-5-6-8-11(10)17/h5-9H,4,18H2,1-3H3. The Hall–Kier alpha value is -1.33. The highest BCUT2D eigenvalue weighted by Crippen LogP contribution is 2.44. The third-order valence-corrected chi connectivity index (χ3v) is 5.07. The zero-order chi connectivity index (χ0) is 15.6. The normalized spacial score (nSPS) is 10.9. The molecule has 3 nitrogen and oxygen atoms in total. The van der Waals surface area contributed by atoms with E-state index in [-0.39, 0.29) is 11.9 Å². The van der Waals surface area contributed by atoms with Gasteiger partial charge in [0.15, 0.2) is 0 Å². The molecule has 0 saturated heterocycles. The van der Waals surface area contributed by atoms with Crippen LogP contribution in [0.5, 0.6) is 0 Å². The molecule has 1 heterocycles. The van der Waals surface area contributed by atoms with Gasteiger partial charge in [-0.3, -0.25) is 0 Å². The fraction of sp³-hybridized carbons (Fsp3) is 0.312. The van der Waals surface area contributed by atoms with Crippen LogP contribution in [0.4, 0.5) is 5.69 Å². The van der Waals surface area contributed by atoms with Crippen LogP contribution in [0.15, 0.2) is 28.7 Å². The first kappa shape index (κ1) is 16.0. The monoisotopic (exact) mass is 367 g/mol. The number of nitrogen functional groups attached to an aromatic ring is 1. The van der Waals surface area contributed by atoms with Crippen LogP contribution in [-0.4, -0.2) is 12.6 Å². The minimum absolute atomic E-state index is 0.228. The molecule has 0 saturated carbocycles. The van der Waals surface area contributed by atoms with E-state index in [0.717, 1.165) is 20.5 Å². The molecular formula is C16H18BrNO2S. The van der Waals surface area contributed by atoms with E-state index in [1.165, 1.54) is 11.3 Å². The number of hydrogen-bond donors (Lipinski definition) is 1. The van der Waals surface area contributed by atoms with Gasteiger partial charge in [-0.2, -0.15) is 0 Å². The van der Waals surface area contributed by atoms with Gasteiger partial charge in [0.25, 0.3) is 0 Å². The molecule has 0 amide bonds. The van der Waals surface area contributed by atoms with Crippen molar-refractivity contribution in [1.29, 1.82) is 0 Å². The zero-order valence-corrected chi connectivity index (χ0v) is 14.7. The van der Waals surface area contributed by atoms with E-state index in [1.54, 1.807) is 6.92 Å². The summed E-state index contributed by atoms with van der Waals surface area (Å²) >= 11 is 4.97. The number of benzene rings is 1. The van der Waals surface area contributed by atoms with Gasteiger partial charge in [-0.1, -0.05) is 48.0 Å². The molecule has 0 atom stereocenters. The second kappa shape index (κ2) is 6.62. The molecule has 21 heavy (non-hydrogen) atoms. The molecule has 1 aromatic heterocycles. The molecule has 0 aliphatic heterocycles. The first-order valence-electron chi connectivity index (χ1n) is 6.81. The molecule has 5 heteroatoms. The lowest BCUT2D eigenvalue weighted by molar-refractivity contribution is 0.0533. The van der Waals surface area contributed by atoms with Crippen LogP contribution in [0.25, 0.3) is 10.4 Å². The highest BCUT2D eigenvalue weighted by Gasteiger charge is 2.25. The van der Waals surface area contributed by atoms with Crippen LogP contribution in [0.2, 0.25) is 0 Å². The maximum Gasteiger partial charge on any atom is 0.350 e. The number of anilines is 1. The summed E-state index contributed by atoms with van der Waals surface area (Å²) in [4.78, 5) is 13.6. The summed E-state index contributed by atoms with van der Waals surface area (Å²) in [5, 5.41) is 0. The van der Waals surface area contributed by atoms with Gasteiger partial charge in [-0.15, -0.1) is 11.3 Å². The van der Waals surface area contributed by atoms with Crippen molar-refractivity contribution < 1.29 is 9.53 Å². The highest BCUT2D eigenvalue weighted by molar-refractivity contribution is 9.10. The lowest BCUT2D eigenvalue weighted by Gasteiger charge is -2.10. The van der Waals surface area contributed by atoms with Gasteiger partial charge < -0.3 is 10.5 Å². The summed E-state index contributed by atoms with van der Waals surface area (Å²) in [6.07, 6.45) is 0. The van der Waals surface area contributed by atoms with Crippen molar-refractivity contribution in [3.05, 3.63) is 39.2 Å². The van der Waals surface area contributed by atoms with E-state index in [1.807, 2.05) is 24.3 Å². The predicted molar refractivity (Wildman–Crippen MR) is 91.9 cm³/mol. The van der Waals surface area contributed by atoms with Crippen LogP contribution < -0.4 is 5.73 Å². The number of esters is 1. The molecule has 2 aromatic rings. The first-order valence-corrected chi connectivity index (χ1v) is 8.42. The van der Waals surface area contributed by atoms with E-state index >= 15 is 0 Å². The maximum atomic E-state index is 12.1. The average molecular weight is 368 g/mol. The summed E-state index contributed by atoms with van der Waals surface area (Å²) in [6, 6.07) is 7.95. The summed E-state index contributed by atoms with van der Waals surface area (Å²) in [7, 11) is 0. The van der Waals surface area contributed by atoms with E-state index < -0.39 is 0 Å². The van der Waals surface area contributed by atoms with Gasteiger partial charge in [-0.25, -0.2) is 4.79 Å². The number of carbonyl (C=O) groups excluding carboxylic acids is 1. The van der Waals surface area contributed by atoms with Crippen LogP contribution in [0.1, 0.15) is 41.9 Å². The van der Waals surface area contributed by atoms with Gasteiger partial charge in [0, 0.05) is 14.9 Å². The largest absolute Gasteiger partial charge is 0.462 e. The minimum Gasteiger partial charge on any atom is -0.462 e. The molecular weight excluding hydrogens is 350 g/mol. The molecule has 1 aromatic carbocycles. The Morgan fingerprint density at radius 3 is 2.62 bits per heavy atom. The summed E-state index contributed by atoms with van der Waals surface area (Å²) in [5.74, 6) is -0.119. The lowest BCUT2D eigenvalue weighted by atomic mass is 9.98. The molecule has 0 unspecified atom stereocenters. The quantitative estimate of drug-likeness (QED) is 0.768. The molecule has 2 N–H and O–H groups in total. The van der Waals surface area contributed by atoms with Gasteiger partial charge in [-0.05, 0) is 24.5 Å². The van der Waals surface area contributed by atoms with Crippen molar-refractivity contribution in [2.45, 2.75) is 26.7 Å². The highest BCUT2D eigenvalue weighted by atomic mass is 79.9. The predicted octanol–water partition coefficient (Wildman–Crippen LogP) is 5.06. The van der Waals surface area contributed by atoms with Crippen LogP contribution >= 0.6 is 27.3 Å². The van der Waals surface area contributed by atoms with Crippen molar-refractivity contribution in [2.75, 3.05) is 12.3 Å². The van der Waals surface area contributed by atoms with Crippen molar-refractivity contribution >= 4 is 38.9 Å². The second-order valence-electron chi connectivity index (χ2n) is 4.94. The molecule has 0 aliphatic rings. The third kappa shape index (κ3) is 3.14. The number of nitrogens with two attached hydrogens (primary N) is 1. The fourth-order valence-corrected chi connectivity index (χ4v) is 4.15. The Kier molecular flexibility index (Phi) is 5.06. The zero-order valence-electron chi connectivity index (χ0n) is 12.3. The van der Waals surface area contributed by atoms with Crippen LogP contribution in [0, 0.1) is 0 Å². The second-order valence-corrected chi connectivity index (χ2v) is 6.82. The Morgan fingerprint density at radius 1 is 1.38 bits per heavy atom. The van der Waals surface area contributed by atoms with Crippen LogP contribution in [0.3, 0.4) is 0 Å². The van der Waals surface area contributed by atoms with E-state index in [4.69, 9.17) is 10.5 Å². The fourth-order valence-electron chi connectivity index (χ4n) is 2.22. The van der Waals surface area contributed by atoms with Gasteiger partial charge in [0.05, 0.1) is 12.3 Å². The smallest absolute Gasteiger partial charge is 0.350 e. The van der Waals surface area contributed by atoms with Crippen LogP contribution in [-0.2, 0) is 4.74 Å². The summed E-state index contributed by atoms with van der Waals surface area (Å²) < 4.78 is 6.09. The number of halogens is 1. The Morgan fingerprint density at radius 2 is 2.05 bits per heavy atom. The molecule has 0 radical (unpaired) electrons. The molecule has 0 aliphatic carbocycles.